The van der Waals surface area contributed by atoms with Crippen LogP contribution in [0.15, 0.2) is 23.1 Å². The van der Waals surface area contributed by atoms with Crippen LogP contribution < -0.4 is 0 Å². The average Bonchev–Trinajstić information content (AvgIpc) is 2.77. The highest BCUT2D eigenvalue weighted by molar-refractivity contribution is 8.18. The number of hydrogen-bond donors (Lipinski definition) is 0. The monoisotopic (exact) mass is 357 g/mol. The summed E-state index contributed by atoms with van der Waals surface area (Å²) < 4.78 is 18.6. The van der Waals surface area contributed by atoms with Gasteiger partial charge in [-0.15, -0.1) is 0 Å². The van der Waals surface area contributed by atoms with Crippen LogP contribution in [-0.4, -0.2) is 34.7 Å². The van der Waals surface area contributed by atoms with E-state index in [1.165, 1.54) is 31.2 Å². The number of imide groups is 1. The van der Waals surface area contributed by atoms with Gasteiger partial charge in [-0.25, -0.2) is 9.18 Å². The maximum absolute atomic E-state index is 13.8. The minimum atomic E-state index is -1.05. The van der Waals surface area contributed by atoms with Crippen LogP contribution in [0, 0.1) is 5.82 Å². The first-order chi connectivity index (χ1) is 10.9. The van der Waals surface area contributed by atoms with Crippen molar-refractivity contribution in [3.05, 3.63) is 39.5 Å². The minimum Gasteiger partial charge on any atom is -0.464 e. The van der Waals surface area contributed by atoms with Gasteiger partial charge in [0.05, 0.1) is 16.5 Å². The van der Waals surface area contributed by atoms with E-state index in [2.05, 4.69) is 0 Å². The molecule has 0 unspecified atom stereocenters. The van der Waals surface area contributed by atoms with Gasteiger partial charge in [-0.3, -0.25) is 14.5 Å². The number of nitrogens with zero attached hydrogens (tertiary/aromatic N) is 1. The fraction of sp³-hybridized carbons (Fsp3) is 0.267. The first-order valence-electron chi connectivity index (χ1n) is 6.74. The molecule has 1 aliphatic rings. The highest BCUT2D eigenvalue weighted by Gasteiger charge is 2.41. The van der Waals surface area contributed by atoms with E-state index in [1.54, 1.807) is 6.92 Å². The summed E-state index contributed by atoms with van der Waals surface area (Å²) in [5.41, 5.74) is 0.0171. The van der Waals surface area contributed by atoms with Gasteiger partial charge in [-0.2, -0.15) is 0 Å². The van der Waals surface area contributed by atoms with Crippen molar-refractivity contribution < 1.29 is 23.5 Å². The predicted molar refractivity (Wildman–Crippen MR) is 85.3 cm³/mol. The van der Waals surface area contributed by atoms with E-state index in [0.29, 0.717) is 11.8 Å². The summed E-state index contributed by atoms with van der Waals surface area (Å²) in [5, 5.41) is -0.496. The first kappa shape index (κ1) is 17.5. The third-order valence-corrected chi connectivity index (χ3v) is 4.33. The quantitative estimate of drug-likeness (QED) is 0.610. The minimum absolute atomic E-state index is 0.00171. The summed E-state index contributed by atoms with van der Waals surface area (Å²) in [5.74, 6) is -1.97. The second-order valence-corrected chi connectivity index (χ2v) is 6.02. The molecule has 0 spiro atoms. The van der Waals surface area contributed by atoms with Gasteiger partial charge in [0.2, 0.25) is 0 Å². The van der Waals surface area contributed by atoms with Gasteiger partial charge in [-0.1, -0.05) is 17.7 Å². The van der Waals surface area contributed by atoms with E-state index >= 15 is 0 Å². The van der Waals surface area contributed by atoms with Gasteiger partial charge in [-0.05, 0) is 43.8 Å². The van der Waals surface area contributed by atoms with Crippen LogP contribution in [-0.2, 0) is 14.3 Å². The number of carbonyl (C=O) groups is 3. The molecule has 1 aromatic rings. The zero-order valence-electron chi connectivity index (χ0n) is 12.3. The molecule has 1 saturated heterocycles. The molecule has 1 aliphatic heterocycles. The van der Waals surface area contributed by atoms with Gasteiger partial charge in [0.15, 0.2) is 0 Å². The van der Waals surface area contributed by atoms with Gasteiger partial charge in [0.25, 0.3) is 11.1 Å². The number of rotatable bonds is 4. The molecule has 1 aromatic carbocycles. The number of hydrogen-bond acceptors (Lipinski definition) is 5. The molecule has 0 N–H and O–H groups in total. The Morgan fingerprint density at radius 3 is 2.78 bits per heavy atom. The smallest absolute Gasteiger partial charge is 0.329 e. The highest BCUT2D eigenvalue weighted by atomic mass is 35.5. The number of ether oxygens (including phenoxy) is 1. The lowest BCUT2D eigenvalue weighted by atomic mass is 10.2. The molecule has 0 bridgehead atoms. The lowest BCUT2D eigenvalue weighted by Gasteiger charge is -2.19. The standard InChI is InChI=1S/C15H13ClFNO4S/c1-3-22-14(20)8(2)18-13(19)12(23-15(18)21)7-9-10(16)5-4-6-11(9)17/h4-8H,3H2,1-2H3/b12-7+/t8-/m0/s1. The Bertz CT molecular complexity index is 686. The summed E-state index contributed by atoms with van der Waals surface area (Å²) in [7, 11) is 0. The topological polar surface area (TPSA) is 63.7 Å². The lowest BCUT2D eigenvalue weighted by Crippen LogP contribution is -2.42. The fourth-order valence-electron chi connectivity index (χ4n) is 1.96. The van der Waals surface area contributed by atoms with E-state index in [0.717, 1.165) is 4.90 Å². The second-order valence-electron chi connectivity index (χ2n) is 4.62. The van der Waals surface area contributed by atoms with Gasteiger partial charge < -0.3 is 4.74 Å². The van der Waals surface area contributed by atoms with E-state index in [4.69, 9.17) is 16.3 Å². The number of amides is 2. The van der Waals surface area contributed by atoms with Gasteiger partial charge in [0, 0.05) is 5.56 Å². The zero-order valence-corrected chi connectivity index (χ0v) is 13.9. The molecule has 23 heavy (non-hydrogen) atoms. The van der Waals surface area contributed by atoms with Crippen molar-refractivity contribution >= 4 is 46.6 Å². The molecule has 0 radical (unpaired) electrons. The number of halogens is 2. The van der Waals surface area contributed by atoms with E-state index < -0.39 is 29.0 Å². The van der Waals surface area contributed by atoms with Crippen LogP contribution in [0.3, 0.4) is 0 Å². The molecule has 2 rings (SSSR count). The van der Waals surface area contributed by atoms with Crippen molar-refractivity contribution in [2.45, 2.75) is 19.9 Å². The third kappa shape index (κ3) is 3.56. The van der Waals surface area contributed by atoms with Crippen molar-refractivity contribution in [2.24, 2.45) is 0 Å². The number of esters is 1. The molecule has 1 heterocycles. The van der Waals surface area contributed by atoms with Crippen LogP contribution in [0.1, 0.15) is 19.4 Å². The molecule has 1 fully saturated rings. The normalized spacial score (nSPS) is 17.7. The molecular formula is C15H13ClFNO4S. The predicted octanol–water partition coefficient (Wildman–Crippen LogP) is 3.47. The molecular weight excluding hydrogens is 345 g/mol. The molecule has 122 valence electrons. The van der Waals surface area contributed by atoms with Crippen LogP contribution in [0.2, 0.25) is 5.02 Å². The lowest BCUT2D eigenvalue weighted by molar-refractivity contribution is -0.150. The Labute approximate surface area is 141 Å². The molecule has 8 heteroatoms. The molecule has 0 aromatic heterocycles. The van der Waals surface area contributed by atoms with Crippen molar-refractivity contribution in [2.75, 3.05) is 6.61 Å². The number of carbonyl (C=O) groups excluding carboxylic acids is 3. The average molecular weight is 358 g/mol. The van der Waals surface area contributed by atoms with E-state index in [9.17, 15) is 18.8 Å². The second kappa shape index (κ2) is 7.14. The summed E-state index contributed by atoms with van der Waals surface area (Å²) >= 11 is 6.53. The summed E-state index contributed by atoms with van der Waals surface area (Å²) in [6.45, 7) is 3.16. The van der Waals surface area contributed by atoms with Crippen molar-refractivity contribution in [1.29, 1.82) is 0 Å². The molecule has 0 saturated carbocycles. The molecule has 5 nitrogen and oxygen atoms in total. The third-order valence-electron chi connectivity index (χ3n) is 3.11. The molecule has 1 atom stereocenters. The Morgan fingerprint density at radius 2 is 2.17 bits per heavy atom. The Kier molecular flexibility index (Phi) is 5.43. The summed E-state index contributed by atoms with van der Waals surface area (Å²) in [6.07, 6.45) is 1.21. The fourth-order valence-corrected chi connectivity index (χ4v) is 3.07. The van der Waals surface area contributed by atoms with Crippen LogP contribution in [0.4, 0.5) is 9.18 Å². The molecule has 0 aliphatic carbocycles. The van der Waals surface area contributed by atoms with E-state index in [1.807, 2.05) is 0 Å². The highest BCUT2D eigenvalue weighted by Crippen LogP contribution is 2.35. The van der Waals surface area contributed by atoms with Crippen LogP contribution in [0.25, 0.3) is 6.08 Å². The number of thioether (sulfide) groups is 1. The summed E-state index contributed by atoms with van der Waals surface area (Å²) in [4.78, 5) is 36.8. The van der Waals surface area contributed by atoms with Crippen molar-refractivity contribution in [1.82, 2.24) is 4.90 Å². The maximum Gasteiger partial charge on any atom is 0.329 e. The Hall–Kier alpha value is -1.86. The SMILES string of the molecule is CCOC(=O)[C@H](C)N1C(=O)S/C(=C/c2c(F)cccc2Cl)C1=O. The largest absolute Gasteiger partial charge is 0.464 e. The van der Waals surface area contributed by atoms with Crippen molar-refractivity contribution in [3.63, 3.8) is 0 Å². The van der Waals surface area contributed by atoms with E-state index in [-0.39, 0.29) is 22.1 Å². The molecule has 2 amide bonds. The van der Waals surface area contributed by atoms with Gasteiger partial charge in [0.1, 0.15) is 11.9 Å². The van der Waals surface area contributed by atoms with Crippen LogP contribution >= 0.6 is 23.4 Å². The Morgan fingerprint density at radius 1 is 1.48 bits per heavy atom. The first-order valence-corrected chi connectivity index (χ1v) is 7.94. The summed E-state index contributed by atoms with van der Waals surface area (Å²) in [6, 6.07) is 3.05. The number of benzene rings is 1. The van der Waals surface area contributed by atoms with Crippen LogP contribution in [0.5, 0.6) is 0 Å². The van der Waals surface area contributed by atoms with Crippen molar-refractivity contribution in [3.8, 4) is 0 Å². The Balaban J connectivity index is 2.31. The zero-order chi connectivity index (χ0) is 17.1. The maximum atomic E-state index is 13.8. The van der Waals surface area contributed by atoms with Gasteiger partial charge >= 0.3 is 5.97 Å².